The lowest BCUT2D eigenvalue weighted by atomic mass is 9.42. The summed E-state index contributed by atoms with van der Waals surface area (Å²) in [5, 5.41) is 1.70. The van der Waals surface area contributed by atoms with Gasteiger partial charge < -0.3 is 19.2 Å². The summed E-state index contributed by atoms with van der Waals surface area (Å²) in [7, 11) is 1.38. The summed E-state index contributed by atoms with van der Waals surface area (Å²) in [6, 6.07) is 6.34. The van der Waals surface area contributed by atoms with E-state index in [1.807, 2.05) is 37.3 Å². The molecule has 4 bridgehead atoms. The quantitative estimate of drug-likeness (QED) is 0.475. The van der Waals surface area contributed by atoms with Gasteiger partial charge in [0, 0.05) is 37.8 Å². The van der Waals surface area contributed by atoms with E-state index in [1.165, 1.54) is 27.9 Å². The van der Waals surface area contributed by atoms with E-state index in [9.17, 15) is 19.2 Å². The molecule has 1 amide bonds. The van der Waals surface area contributed by atoms with Crippen molar-refractivity contribution in [3.05, 3.63) is 41.5 Å². The maximum atomic E-state index is 13.6. The molecule has 0 radical (unpaired) electrons. The zero-order valence-electron chi connectivity index (χ0n) is 20.5. The number of anilines is 1. The smallest absolute Gasteiger partial charge is 0.322 e. The summed E-state index contributed by atoms with van der Waals surface area (Å²) >= 11 is 0. The third kappa shape index (κ3) is 2.97. The standard InChI is InChI=1S/C26H30N2O7/c1-6-16-17-11-21-24-26(22(17)25(32)33-5,18-9-7-8-10-20(18)27(24)13(2)29)19(12-34-14(3)30)23(16)28(21)35-15(4)31/h6-10,17,19,21-24H,11-12H2,1-5H3. The van der Waals surface area contributed by atoms with Gasteiger partial charge in [-0.15, -0.1) is 5.06 Å². The van der Waals surface area contributed by atoms with Gasteiger partial charge in [-0.25, -0.2) is 0 Å². The van der Waals surface area contributed by atoms with Crippen LogP contribution in [-0.4, -0.2) is 60.7 Å². The third-order valence-electron chi connectivity index (χ3n) is 8.37. The van der Waals surface area contributed by atoms with Crippen molar-refractivity contribution in [3.63, 3.8) is 0 Å². The first kappa shape index (κ1) is 23.5. The van der Waals surface area contributed by atoms with Gasteiger partial charge in [0.2, 0.25) is 5.91 Å². The number of carbonyl (C=O) groups excluding carboxylic acids is 4. The van der Waals surface area contributed by atoms with Gasteiger partial charge >= 0.3 is 17.9 Å². The Hall–Kier alpha value is -3.20. The molecule has 2 saturated carbocycles. The topological polar surface area (TPSA) is 102 Å². The molecule has 7 unspecified atom stereocenters. The van der Waals surface area contributed by atoms with E-state index in [1.54, 1.807) is 9.96 Å². The molecule has 9 heteroatoms. The maximum absolute atomic E-state index is 13.6. The maximum Gasteiger partial charge on any atom is 0.322 e. The van der Waals surface area contributed by atoms with Crippen LogP contribution in [0.4, 0.5) is 5.69 Å². The van der Waals surface area contributed by atoms with Crippen LogP contribution in [0.15, 0.2) is 35.9 Å². The fraction of sp³-hybridized carbons (Fsp3) is 0.538. The van der Waals surface area contributed by atoms with E-state index in [-0.39, 0.29) is 30.4 Å². The number of carbonyl (C=O) groups is 4. The van der Waals surface area contributed by atoms with E-state index >= 15 is 0 Å². The number of hydrogen-bond acceptors (Lipinski definition) is 8. The average Bonchev–Trinajstić information content (AvgIpc) is 3.12. The molecule has 1 spiro atoms. The first-order valence-corrected chi connectivity index (χ1v) is 11.9. The summed E-state index contributed by atoms with van der Waals surface area (Å²) < 4.78 is 11.0. The number of nitrogens with zero attached hydrogens (tertiary/aromatic N) is 2. The van der Waals surface area contributed by atoms with Gasteiger partial charge in [-0.1, -0.05) is 24.3 Å². The summed E-state index contributed by atoms with van der Waals surface area (Å²) in [5.74, 6) is -2.68. The number of rotatable bonds is 4. The van der Waals surface area contributed by atoms with Gasteiger partial charge in [-0.05, 0) is 36.5 Å². The fourth-order valence-electron chi connectivity index (χ4n) is 7.68. The number of esters is 2. The van der Waals surface area contributed by atoms with Crippen LogP contribution in [0.1, 0.15) is 39.7 Å². The van der Waals surface area contributed by atoms with E-state index in [2.05, 4.69) is 0 Å². The second kappa shape index (κ2) is 8.19. The van der Waals surface area contributed by atoms with Crippen LogP contribution in [0, 0.1) is 17.8 Å². The van der Waals surface area contributed by atoms with Gasteiger partial charge in [-0.2, -0.15) is 0 Å². The van der Waals surface area contributed by atoms with Crippen LogP contribution in [0.5, 0.6) is 0 Å². The summed E-state index contributed by atoms with van der Waals surface area (Å²) in [4.78, 5) is 58.5. The highest BCUT2D eigenvalue weighted by Crippen LogP contribution is 2.69. The molecule has 5 aliphatic rings. The van der Waals surface area contributed by atoms with Crippen LogP contribution in [0.2, 0.25) is 0 Å². The van der Waals surface area contributed by atoms with Crippen molar-refractivity contribution >= 4 is 29.5 Å². The lowest BCUT2D eigenvalue weighted by molar-refractivity contribution is -0.274. The number of para-hydroxylation sites is 1. The number of ether oxygens (including phenoxy) is 2. The van der Waals surface area contributed by atoms with Crippen LogP contribution >= 0.6 is 0 Å². The van der Waals surface area contributed by atoms with Crippen molar-refractivity contribution in [1.82, 2.24) is 5.06 Å². The number of benzene rings is 1. The molecule has 3 heterocycles. The molecule has 9 nitrogen and oxygen atoms in total. The van der Waals surface area contributed by atoms with Gasteiger partial charge in [0.15, 0.2) is 0 Å². The Kier molecular flexibility index (Phi) is 5.51. The number of amides is 1. The van der Waals surface area contributed by atoms with Crippen LogP contribution in [-0.2, 0) is 38.9 Å². The number of fused-ring (bicyclic) bond motifs is 1. The Morgan fingerprint density at radius 2 is 1.83 bits per heavy atom. The third-order valence-corrected chi connectivity index (χ3v) is 8.37. The highest BCUT2D eigenvalue weighted by Gasteiger charge is 2.78. The molecule has 186 valence electrons. The monoisotopic (exact) mass is 482 g/mol. The molecular weight excluding hydrogens is 452 g/mol. The Balaban J connectivity index is 1.84. The predicted octanol–water partition coefficient (Wildman–Crippen LogP) is 2.14. The zero-order valence-corrected chi connectivity index (χ0v) is 20.5. The highest BCUT2D eigenvalue weighted by molar-refractivity contribution is 5.97. The second-order valence-corrected chi connectivity index (χ2v) is 9.78. The number of hydrogen-bond donors (Lipinski definition) is 0. The molecule has 1 aromatic rings. The molecule has 35 heavy (non-hydrogen) atoms. The Morgan fingerprint density at radius 3 is 2.43 bits per heavy atom. The number of allylic oxidation sites excluding steroid dienone is 1. The van der Waals surface area contributed by atoms with E-state index < -0.39 is 41.3 Å². The minimum absolute atomic E-state index is 0.00137. The molecule has 0 aromatic heterocycles. The van der Waals surface area contributed by atoms with Crippen molar-refractivity contribution < 1.29 is 33.5 Å². The Bertz CT molecular complexity index is 1150. The van der Waals surface area contributed by atoms with Crippen molar-refractivity contribution in [2.24, 2.45) is 17.8 Å². The van der Waals surface area contributed by atoms with E-state index in [0.717, 1.165) is 16.8 Å². The highest BCUT2D eigenvalue weighted by atomic mass is 16.7. The first-order chi connectivity index (χ1) is 16.7. The van der Waals surface area contributed by atoms with Crippen molar-refractivity contribution in [2.75, 3.05) is 18.6 Å². The number of hydroxylamine groups is 2. The molecule has 2 aliphatic carbocycles. The van der Waals surface area contributed by atoms with Crippen LogP contribution in [0.25, 0.3) is 0 Å². The molecule has 0 N–H and O–H groups in total. The van der Waals surface area contributed by atoms with Gasteiger partial charge in [0.05, 0.1) is 37.8 Å². The zero-order chi connectivity index (χ0) is 25.2. The minimum atomic E-state index is -0.883. The Labute approximate surface area is 203 Å². The van der Waals surface area contributed by atoms with Gasteiger partial charge in [0.25, 0.3) is 0 Å². The van der Waals surface area contributed by atoms with Crippen molar-refractivity contribution in [1.29, 1.82) is 0 Å². The summed E-state index contributed by atoms with van der Waals surface area (Å²) in [6.07, 6.45) is 2.49. The van der Waals surface area contributed by atoms with Gasteiger partial charge in [-0.3, -0.25) is 19.2 Å². The lowest BCUT2D eigenvalue weighted by Crippen LogP contribution is -2.81. The predicted molar refractivity (Wildman–Crippen MR) is 124 cm³/mol. The van der Waals surface area contributed by atoms with E-state index in [0.29, 0.717) is 6.42 Å². The van der Waals surface area contributed by atoms with E-state index in [4.69, 9.17) is 14.3 Å². The molecular formula is C26H30N2O7. The second-order valence-electron chi connectivity index (χ2n) is 9.78. The Morgan fingerprint density at radius 1 is 1.11 bits per heavy atom. The fourth-order valence-corrected chi connectivity index (χ4v) is 7.68. The van der Waals surface area contributed by atoms with Crippen LogP contribution < -0.4 is 4.90 Å². The minimum Gasteiger partial charge on any atom is -0.469 e. The molecule has 7 atom stereocenters. The largest absolute Gasteiger partial charge is 0.469 e. The lowest BCUT2D eigenvalue weighted by Gasteiger charge is -2.69. The van der Waals surface area contributed by atoms with Gasteiger partial charge in [0.1, 0.15) is 0 Å². The first-order valence-electron chi connectivity index (χ1n) is 11.9. The molecule has 1 aromatic carbocycles. The summed E-state index contributed by atoms with van der Waals surface area (Å²) in [5.41, 5.74) is 1.67. The van der Waals surface area contributed by atoms with Crippen LogP contribution in [0.3, 0.4) is 0 Å². The SMILES string of the molecule is CC=C1C2CC3C4N(C(C)=O)c5ccccc5C4(C(COC(C)=O)C1N3OC(C)=O)C2C(=O)OC. The molecule has 3 aliphatic heterocycles. The molecule has 6 rings (SSSR count). The molecule has 4 fully saturated rings. The number of methoxy groups -OCH3 is 1. The van der Waals surface area contributed by atoms with Crippen molar-refractivity contribution in [3.8, 4) is 0 Å². The summed E-state index contributed by atoms with van der Waals surface area (Å²) in [6.45, 7) is 6.09. The number of piperidine rings is 2. The average molecular weight is 483 g/mol. The normalized spacial score (nSPS) is 35.5. The molecule has 2 saturated heterocycles. The van der Waals surface area contributed by atoms with Crippen molar-refractivity contribution in [2.45, 2.75) is 57.7 Å².